The van der Waals surface area contributed by atoms with Crippen molar-refractivity contribution in [1.29, 1.82) is 0 Å². The quantitative estimate of drug-likeness (QED) is 0.624. The van der Waals surface area contributed by atoms with Crippen LogP contribution in [0.25, 0.3) is 11.0 Å². The second kappa shape index (κ2) is 6.43. The van der Waals surface area contributed by atoms with Crippen molar-refractivity contribution in [3.63, 3.8) is 0 Å². The molecule has 0 amide bonds. The van der Waals surface area contributed by atoms with Crippen molar-refractivity contribution in [2.45, 2.75) is 19.3 Å². The van der Waals surface area contributed by atoms with Gasteiger partial charge < -0.3 is 14.1 Å². The van der Waals surface area contributed by atoms with Crippen LogP contribution in [-0.4, -0.2) is 27.2 Å². The van der Waals surface area contributed by atoms with Crippen LogP contribution in [0.1, 0.15) is 18.4 Å². The van der Waals surface area contributed by atoms with E-state index >= 15 is 0 Å². The van der Waals surface area contributed by atoms with Crippen molar-refractivity contribution in [1.82, 2.24) is 0 Å². The molecular formula is C16H19NO4. The Morgan fingerprint density at radius 2 is 2.05 bits per heavy atom. The molecule has 112 valence electrons. The van der Waals surface area contributed by atoms with Crippen LogP contribution >= 0.6 is 0 Å². The number of ether oxygens (including phenoxy) is 1. The number of fused-ring (bicyclic) bond motifs is 1. The second-order valence-corrected chi connectivity index (χ2v) is 5.10. The van der Waals surface area contributed by atoms with Gasteiger partial charge in [-0.05, 0) is 30.5 Å². The lowest BCUT2D eigenvalue weighted by molar-refractivity contribution is -0.140. The minimum Gasteiger partial charge on any atom is -0.469 e. The van der Waals surface area contributed by atoms with E-state index in [0.29, 0.717) is 24.8 Å². The molecule has 0 aliphatic carbocycles. The topological polar surface area (TPSA) is 59.8 Å². The number of nitrogens with zero attached hydrogens (tertiary/aromatic N) is 1. The molecule has 0 aliphatic heterocycles. The Bertz CT molecular complexity index is 703. The highest BCUT2D eigenvalue weighted by atomic mass is 16.5. The lowest BCUT2D eigenvalue weighted by Crippen LogP contribution is -2.09. The lowest BCUT2D eigenvalue weighted by atomic mass is 10.0. The number of benzene rings is 1. The molecule has 0 fully saturated rings. The van der Waals surface area contributed by atoms with Crippen molar-refractivity contribution < 1.29 is 13.9 Å². The molecule has 1 heterocycles. The van der Waals surface area contributed by atoms with Gasteiger partial charge in [0.15, 0.2) is 0 Å². The third kappa shape index (κ3) is 3.62. The first-order chi connectivity index (χ1) is 10.0. The Balaban J connectivity index is 2.31. The van der Waals surface area contributed by atoms with Crippen molar-refractivity contribution in [2.75, 3.05) is 26.1 Å². The first-order valence-corrected chi connectivity index (χ1v) is 6.82. The highest BCUT2D eigenvalue weighted by Crippen LogP contribution is 2.23. The normalized spacial score (nSPS) is 10.6. The van der Waals surface area contributed by atoms with Crippen molar-refractivity contribution in [2.24, 2.45) is 0 Å². The number of hydrogen-bond donors (Lipinski definition) is 0. The van der Waals surface area contributed by atoms with Crippen LogP contribution in [0.2, 0.25) is 0 Å². The SMILES string of the molecule is COC(=O)CCCc1cc(=O)oc2cc(N(C)C)ccc12. The molecule has 5 nitrogen and oxygen atoms in total. The number of esters is 1. The van der Waals surface area contributed by atoms with Crippen molar-refractivity contribution in [3.05, 3.63) is 40.2 Å². The fourth-order valence-corrected chi connectivity index (χ4v) is 2.23. The van der Waals surface area contributed by atoms with E-state index < -0.39 is 0 Å². The number of aryl methyl sites for hydroxylation is 1. The number of anilines is 1. The van der Waals surface area contributed by atoms with Crippen LogP contribution in [0.15, 0.2) is 33.5 Å². The van der Waals surface area contributed by atoms with Crippen LogP contribution in [0, 0.1) is 0 Å². The molecule has 0 saturated carbocycles. The zero-order chi connectivity index (χ0) is 15.4. The average molecular weight is 289 g/mol. The molecular weight excluding hydrogens is 270 g/mol. The predicted octanol–water partition coefficient (Wildman–Crippen LogP) is 2.35. The van der Waals surface area contributed by atoms with E-state index in [4.69, 9.17) is 4.42 Å². The smallest absolute Gasteiger partial charge is 0.336 e. The standard InChI is InChI=1S/C16H19NO4/c1-17(2)12-7-8-13-11(5-4-6-15(18)20-3)9-16(19)21-14(13)10-12/h7-10H,4-6H2,1-3H3. The number of rotatable bonds is 5. The summed E-state index contributed by atoms with van der Waals surface area (Å²) in [6.45, 7) is 0. The van der Waals surface area contributed by atoms with Gasteiger partial charge in [-0.3, -0.25) is 4.79 Å². The third-order valence-electron chi connectivity index (χ3n) is 3.38. The van der Waals surface area contributed by atoms with E-state index in [1.165, 1.54) is 13.2 Å². The minimum absolute atomic E-state index is 0.239. The molecule has 1 aromatic carbocycles. The third-order valence-corrected chi connectivity index (χ3v) is 3.38. The van der Waals surface area contributed by atoms with Gasteiger partial charge >= 0.3 is 11.6 Å². The molecule has 2 rings (SSSR count). The van der Waals surface area contributed by atoms with E-state index in [2.05, 4.69) is 4.74 Å². The first kappa shape index (κ1) is 15.1. The van der Waals surface area contributed by atoms with Gasteiger partial charge in [0.1, 0.15) is 5.58 Å². The van der Waals surface area contributed by atoms with E-state index in [1.54, 1.807) is 0 Å². The van der Waals surface area contributed by atoms with Gasteiger partial charge in [0, 0.05) is 43.7 Å². The molecule has 0 atom stereocenters. The Morgan fingerprint density at radius 3 is 2.71 bits per heavy atom. The lowest BCUT2D eigenvalue weighted by Gasteiger charge is -2.13. The van der Waals surface area contributed by atoms with Crippen molar-refractivity contribution in [3.8, 4) is 0 Å². The minimum atomic E-state index is -0.369. The van der Waals surface area contributed by atoms with Crippen LogP contribution in [0.5, 0.6) is 0 Å². The second-order valence-electron chi connectivity index (χ2n) is 5.10. The van der Waals surface area contributed by atoms with Gasteiger partial charge in [0.2, 0.25) is 0 Å². The van der Waals surface area contributed by atoms with Crippen LogP contribution < -0.4 is 10.5 Å². The molecule has 0 N–H and O–H groups in total. The molecule has 21 heavy (non-hydrogen) atoms. The maximum atomic E-state index is 11.7. The Kier molecular flexibility index (Phi) is 4.62. The monoisotopic (exact) mass is 289 g/mol. The summed E-state index contributed by atoms with van der Waals surface area (Å²) < 4.78 is 9.88. The first-order valence-electron chi connectivity index (χ1n) is 6.82. The number of carbonyl (C=O) groups excluding carboxylic acids is 1. The highest BCUT2D eigenvalue weighted by molar-refractivity contribution is 5.83. The molecule has 0 radical (unpaired) electrons. The molecule has 0 spiro atoms. The molecule has 0 unspecified atom stereocenters. The van der Waals surface area contributed by atoms with Crippen LogP contribution in [0.3, 0.4) is 0 Å². The fourth-order valence-electron chi connectivity index (χ4n) is 2.23. The van der Waals surface area contributed by atoms with E-state index in [-0.39, 0.29) is 11.6 Å². The van der Waals surface area contributed by atoms with E-state index in [1.807, 2.05) is 37.2 Å². The van der Waals surface area contributed by atoms with Gasteiger partial charge in [-0.1, -0.05) is 0 Å². The number of methoxy groups -OCH3 is 1. The van der Waals surface area contributed by atoms with Crippen molar-refractivity contribution >= 4 is 22.6 Å². The van der Waals surface area contributed by atoms with E-state index in [9.17, 15) is 9.59 Å². The molecule has 0 aliphatic rings. The Labute approximate surface area is 123 Å². The van der Waals surface area contributed by atoms with Gasteiger partial charge in [0.05, 0.1) is 7.11 Å². The van der Waals surface area contributed by atoms with E-state index in [0.717, 1.165) is 16.6 Å². The largest absolute Gasteiger partial charge is 0.469 e. The Morgan fingerprint density at radius 1 is 1.29 bits per heavy atom. The van der Waals surface area contributed by atoms with Gasteiger partial charge in [-0.25, -0.2) is 4.79 Å². The average Bonchev–Trinajstić information content (AvgIpc) is 2.45. The molecule has 1 aromatic heterocycles. The maximum absolute atomic E-state index is 11.7. The fraction of sp³-hybridized carbons (Fsp3) is 0.375. The molecule has 0 bridgehead atoms. The molecule has 2 aromatic rings. The summed E-state index contributed by atoms with van der Waals surface area (Å²) in [5, 5.41) is 0.907. The maximum Gasteiger partial charge on any atom is 0.336 e. The van der Waals surface area contributed by atoms with Crippen LogP contribution in [0.4, 0.5) is 5.69 Å². The zero-order valence-electron chi connectivity index (χ0n) is 12.5. The number of carbonyl (C=O) groups is 1. The summed E-state index contributed by atoms with van der Waals surface area (Å²) in [7, 11) is 5.23. The molecule has 0 saturated heterocycles. The van der Waals surface area contributed by atoms with Gasteiger partial charge in [-0.15, -0.1) is 0 Å². The number of hydrogen-bond acceptors (Lipinski definition) is 5. The molecule has 5 heteroatoms. The summed E-state index contributed by atoms with van der Waals surface area (Å²) in [5.41, 5.74) is 2.07. The summed E-state index contributed by atoms with van der Waals surface area (Å²) in [6, 6.07) is 7.27. The van der Waals surface area contributed by atoms with Gasteiger partial charge in [-0.2, -0.15) is 0 Å². The summed E-state index contributed by atoms with van der Waals surface area (Å²) in [4.78, 5) is 24.8. The summed E-state index contributed by atoms with van der Waals surface area (Å²) in [6.07, 6.45) is 1.62. The summed E-state index contributed by atoms with van der Waals surface area (Å²) in [5.74, 6) is -0.239. The Hall–Kier alpha value is -2.30. The predicted molar refractivity (Wildman–Crippen MR) is 81.8 cm³/mol. The zero-order valence-corrected chi connectivity index (χ0v) is 12.5. The van der Waals surface area contributed by atoms with Crippen LogP contribution in [-0.2, 0) is 16.0 Å². The highest BCUT2D eigenvalue weighted by Gasteiger charge is 2.08. The summed E-state index contributed by atoms with van der Waals surface area (Å²) >= 11 is 0. The van der Waals surface area contributed by atoms with Gasteiger partial charge in [0.25, 0.3) is 0 Å².